The molecule has 23 heavy (non-hydrogen) atoms. The van der Waals surface area contributed by atoms with E-state index in [1.54, 1.807) is 20.8 Å². The number of aliphatic hydroxyl groups excluding tert-OH is 1. The van der Waals surface area contributed by atoms with E-state index < -0.39 is 23.8 Å². The molecule has 1 rings (SSSR count). The first-order chi connectivity index (χ1) is 10.6. The number of piperidine rings is 1. The molecule has 1 saturated heterocycles. The molecule has 3 atom stereocenters. The number of aliphatic hydroxyl groups is 1. The summed E-state index contributed by atoms with van der Waals surface area (Å²) in [7, 11) is 0. The molecule has 2 amide bonds. The minimum Gasteiger partial charge on any atom is -0.444 e. The highest BCUT2D eigenvalue weighted by Crippen LogP contribution is 2.11. The fraction of sp³-hybridized carbons (Fsp3) is 0.875. The molecule has 2 unspecified atom stereocenters. The van der Waals surface area contributed by atoms with Crippen molar-refractivity contribution in [3.8, 4) is 0 Å². The molecule has 0 spiro atoms. The zero-order valence-corrected chi connectivity index (χ0v) is 14.8. The van der Waals surface area contributed by atoms with Crippen molar-refractivity contribution in [2.45, 2.75) is 71.2 Å². The molecule has 0 saturated carbocycles. The Kier molecular flexibility index (Phi) is 7.28. The first-order valence-corrected chi connectivity index (χ1v) is 8.27. The van der Waals surface area contributed by atoms with E-state index in [2.05, 4.69) is 16.0 Å². The van der Waals surface area contributed by atoms with Crippen LogP contribution in [0.1, 0.15) is 47.5 Å². The van der Waals surface area contributed by atoms with Crippen molar-refractivity contribution in [3.63, 3.8) is 0 Å². The zero-order chi connectivity index (χ0) is 17.6. The lowest BCUT2D eigenvalue weighted by atomic mass is 10.00. The van der Waals surface area contributed by atoms with Crippen molar-refractivity contribution in [1.82, 2.24) is 16.0 Å². The van der Waals surface area contributed by atoms with Crippen molar-refractivity contribution in [2.24, 2.45) is 5.92 Å². The third-order valence-corrected chi connectivity index (χ3v) is 3.49. The van der Waals surface area contributed by atoms with Crippen LogP contribution in [-0.4, -0.2) is 54.0 Å². The predicted molar refractivity (Wildman–Crippen MR) is 88.0 cm³/mol. The summed E-state index contributed by atoms with van der Waals surface area (Å²) in [6.45, 7) is 10.5. The van der Waals surface area contributed by atoms with Gasteiger partial charge in [-0.2, -0.15) is 0 Å². The monoisotopic (exact) mass is 329 g/mol. The van der Waals surface area contributed by atoms with Crippen LogP contribution in [0, 0.1) is 5.92 Å². The van der Waals surface area contributed by atoms with Gasteiger partial charge in [-0.3, -0.25) is 4.79 Å². The maximum absolute atomic E-state index is 12.5. The summed E-state index contributed by atoms with van der Waals surface area (Å²) < 4.78 is 5.22. The van der Waals surface area contributed by atoms with E-state index in [1.807, 2.05) is 13.8 Å². The summed E-state index contributed by atoms with van der Waals surface area (Å²) >= 11 is 0. The van der Waals surface area contributed by atoms with Gasteiger partial charge in [0, 0.05) is 6.54 Å². The molecule has 1 aliphatic rings. The summed E-state index contributed by atoms with van der Waals surface area (Å²) in [4.78, 5) is 24.4. The third-order valence-electron chi connectivity index (χ3n) is 3.49. The van der Waals surface area contributed by atoms with Gasteiger partial charge in [0.05, 0.1) is 12.1 Å². The second-order valence-corrected chi connectivity index (χ2v) is 7.50. The van der Waals surface area contributed by atoms with Crippen LogP contribution in [0.2, 0.25) is 0 Å². The van der Waals surface area contributed by atoms with Crippen LogP contribution in [0.4, 0.5) is 4.79 Å². The van der Waals surface area contributed by atoms with E-state index in [0.29, 0.717) is 19.4 Å². The Morgan fingerprint density at radius 3 is 2.52 bits per heavy atom. The van der Waals surface area contributed by atoms with E-state index in [-0.39, 0.29) is 17.9 Å². The smallest absolute Gasteiger partial charge is 0.408 e. The van der Waals surface area contributed by atoms with Gasteiger partial charge in [-0.1, -0.05) is 13.8 Å². The molecule has 0 aromatic rings. The van der Waals surface area contributed by atoms with Crippen molar-refractivity contribution in [1.29, 1.82) is 0 Å². The Morgan fingerprint density at radius 1 is 1.35 bits per heavy atom. The average Bonchev–Trinajstić information content (AvgIpc) is 2.37. The van der Waals surface area contributed by atoms with Crippen LogP contribution in [-0.2, 0) is 9.53 Å². The lowest BCUT2D eigenvalue weighted by Gasteiger charge is -2.31. The highest BCUT2D eigenvalue weighted by molar-refractivity contribution is 5.86. The number of amides is 2. The number of carbonyl (C=O) groups excluding carboxylic acids is 2. The van der Waals surface area contributed by atoms with Crippen LogP contribution in [0.5, 0.6) is 0 Å². The molecule has 134 valence electrons. The van der Waals surface area contributed by atoms with Crippen LogP contribution < -0.4 is 16.0 Å². The normalized spacial score (nSPS) is 23.3. The summed E-state index contributed by atoms with van der Waals surface area (Å²) in [5.74, 6) is -0.0471. The number of alkyl carbamates (subject to hydrolysis) is 1. The molecule has 7 nitrogen and oxygen atoms in total. The summed E-state index contributed by atoms with van der Waals surface area (Å²) in [6, 6.07) is -0.967. The minimum absolute atomic E-state index is 0.235. The Hall–Kier alpha value is -1.34. The first kappa shape index (κ1) is 19.7. The number of hydrogen-bond donors (Lipinski definition) is 4. The van der Waals surface area contributed by atoms with Crippen molar-refractivity contribution in [3.05, 3.63) is 0 Å². The quantitative estimate of drug-likeness (QED) is 0.597. The summed E-state index contributed by atoms with van der Waals surface area (Å²) in [5, 5.41) is 18.5. The minimum atomic E-state index is -0.674. The molecule has 1 aliphatic heterocycles. The Morgan fingerprint density at radius 2 is 2.00 bits per heavy atom. The Labute approximate surface area is 138 Å². The first-order valence-electron chi connectivity index (χ1n) is 8.27. The second kappa shape index (κ2) is 8.49. The molecule has 0 aliphatic carbocycles. The highest BCUT2D eigenvalue weighted by atomic mass is 16.6. The van der Waals surface area contributed by atoms with Crippen molar-refractivity contribution < 1.29 is 19.4 Å². The number of nitrogens with one attached hydrogen (secondary N) is 3. The topological polar surface area (TPSA) is 99.7 Å². The van der Waals surface area contributed by atoms with Gasteiger partial charge in [0.15, 0.2) is 0 Å². The molecule has 0 aromatic heterocycles. The summed E-state index contributed by atoms with van der Waals surface area (Å²) in [6.07, 6.45) is -0.0574. The van der Waals surface area contributed by atoms with Crippen molar-refractivity contribution >= 4 is 12.0 Å². The van der Waals surface area contributed by atoms with E-state index in [9.17, 15) is 14.7 Å². The van der Waals surface area contributed by atoms with Crippen LogP contribution >= 0.6 is 0 Å². The maximum atomic E-state index is 12.5. The molecule has 0 aromatic carbocycles. The van der Waals surface area contributed by atoms with Gasteiger partial charge in [0.25, 0.3) is 0 Å². The molecule has 1 heterocycles. The van der Waals surface area contributed by atoms with Gasteiger partial charge >= 0.3 is 6.09 Å². The fourth-order valence-electron chi connectivity index (χ4n) is 2.45. The predicted octanol–water partition coefficient (Wildman–Crippen LogP) is 0.765. The number of rotatable bonds is 5. The molecule has 0 bridgehead atoms. The van der Waals surface area contributed by atoms with Gasteiger partial charge in [-0.05, 0) is 46.1 Å². The second-order valence-electron chi connectivity index (χ2n) is 7.50. The third kappa shape index (κ3) is 7.65. The number of ether oxygens (including phenoxy) is 1. The fourth-order valence-corrected chi connectivity index (χ4v) is 2.45. The lowest BCUT2D eigenvalue weighted by Crippen LogP contribution is -2.57. The van der Waals surface area contributed by atoms with Gasteiger partial charge in [-0.25, -0.2) is 4.79 Å². The van der Waals surface area contributed by atoms with Crippen molar-refractivity contribution in [2.75, 3.05) is 13.1 Å². The van der Waals surface area contributed by atoms with E-state index in [1.165, 1.54) is 0 Å². The van der Waals surface area contributed by atoms with Crippen LogP contribution in [0.25, 0.3) is 0 Å². The Bertz CT molecular complexity index is 407. The molecular formula is C16H31N3O4. The zero-order valence-electron chi connectivity index (χ0n) is 14.8. The highest BCUT2D eigenvalue weighted by Gasteiger charge is 2.29. The van der Waals surface area contributed by atoms with Crippen LogP contribution in [0.3, 0.4) is 0 Å². The number of β-amino-alcohol motifs (C(OH)–C–C–N with tert-alkyl or cyclic N) is 1. The van der Waals surface area contributed by atoms with Crippen LogP contribution in [0.15, 0.2) is 0 Å². The van der Waals surface area contributed by atoms with E-state index >= 15 is 0 Å². The van der Waals surface area contributed by atoms with E-state index in [4.69, 9.17) is 4.74 Å². The lowest BCUT2D eigenvalue weighted by molar-refractivity contribution is -0.125. The van der Waals surface area contributed by atoms with Gasteiger partial charge in [-0.15, -0.1) is 0 Å². The Balaban J connectivity index is 2.64. The van der Waals surface area contributed by atoms with Gasteiger partial charge in [0.2, 0.25) is 5.91 Å². The molecule has 0 radical (unpaired) electrons. The standard InChI is InChI=1S/C16H31N3O4/c1-10(2)8-12(19-15(22)23-16(3,4)5)14(21)18-11-6-7-17-9-13(11)20/h10-13,17,20H,6-9H2,1-5H3,(H,18,21)(H,19,22)/t11?,12-,13?/m0/s1. The summed E-state index contributed by atoms with van der Waals surface area (Å²) in [5.41, 5.74) is -0.617. The van der Waals surface area contributed by atoms with E-state index in [0.717, 1.165) is 6.54 Å². The van der Waals surface area contributed by atoms with Gasteiger partial charge in [0.1, 0.15) is 11.6 Å². The molecule has 1 fully saturated rings. The largest absolute Gasteiger partial charge is 0.444 e. The number of carbonyl (C=O) groups is 2. The number of hydrogen-bond acceptors (Lipinski definition) is 5. The SMILES string of the molecule is CC(C)C[C@H](NC(=O)OC(C)(C)C)C(=O)NC1CCNCC1O. The molecule has 4 N–H and O–H groups in total. The molecular weight excluding hydrogens is 298 g/mol. The average molecular weight is 329 g/mol. The van der Waals surface area contributed by atoms with Gasteiger partial charge < -0.3 is 25.8 Å². The maximum Gasteiger partial charge on any atom is 0.408 e. The molecule has 7 heteroatoms.